The monoisotopic (exact) mass is 354 g/mol. The maximum absolute atomic E-state index is 12.5. The summed E-state index contributed by atoms with van der Waals surface area (Å²) >= 11 is 0. The summed E-state index contributed by atoms with van der Waals surface area (Å²) in [5, 5.41) is 0. The second-order valence-electron chi connectivity index (χ2n) is 6.13. The zero-order valence-electron chi connectivity index (χ0n) is 15.0. The molecule has 1 aromatic carbocycles. The summed E-state index contributed by atoms with van der Waals surface area (Å²) in [7, 11) is 1.59. The SMILES string of the molecule is COc1ccc(C(=O)N2CCN(C(=O)/C=C/c3ccc(C)o3)CC2)cc1. The largest absolute Gasteiger partial charge is 0.497 e. The molecule has 1 fully saturated rings. The van der Waals surface area contributed by atoms with Crippen molar-refractivity contribution in [1.29, 1.82) is 0 Å². The molecule has 6 nitrogen and oxygen atoms in total. The molecule has 0 aliphatic carbocycles. The Kier molecular flexibility index (Phi) is 5.41. The Labute approximate surface area is 152 Å². The molecule has 1 aliphatic rings. The number of hydrogen-bond donors (Lipinski definition) is 0. The first kappa shape index (κ1) is 17.8. The van der Waals surface area contributed by atoms with Crippen LogP contribution in [0.2, 0.25) is 0 Å². The predicted molar refractivity (Wildman–Crippen MR) is 98.0 cm³/mol. The van der Waals surface area contributed by atoms with Crippen LogP contribution in [0, 0.1) is 6.92 Å². The molecule has 0 bridgehead atoms. The van der Waals surface area contributed by atoms with Gasteiger partial charge in [0.25, 0.3) is 5.91 Å². The summed E-state index contributed by atoms with van der Waals surface area (Å²) in [6.07, 6.45) is 3.18. The van der Waals surface area contributed by atoms with Crippen molar-refractivity contribution >= 4 is 17.9 Å². The molecular formula is C20H22N2O4. The lowest BCUT2D eigenvalue weighted by molar-refractivity contribution is -0.127. The lowest BCUT2D eigenvalue weighted by Gasteiger charge is -2.34. The number of amides is 2. The van der Waals surface area contributed by atoms with Gasteiger partial charge in [-0.3, -0.25) is 9.59 Å². The molecule has 2 amide bonds. The van der Waals surface area contributed by atoms with Crippen molar-refractivity contribution in [2.45, 2.75) is 6.92 Å². The number of rotatable bonds is 4. The molecule has 3 rings (SSSR count). The second-order valence-corrected chi connectivity index (χ2v) is 6.13. The molecule has 1 aliphatic heterocycles. The topological polar surface area (TPSA) is 63.0 Å². The molecule has 0 atom stereocenters. The van der Waals surface area contributed by atoms with Crippen LogP contribution in [0.1, 0.15) is 21.9 Å². The molecule has 1 saturated heterocycles. The number of furan rings is 1. The zero-order valence-corrected chi connectivity index (χ0v) is 15.0. The van der Waals surface area contributed by atoms with Gasteiger partial charge < -0.3 is 19.0 Å². The maximum atomic E-state index is 12.5. The van der Waals surface area contributed by atoms with Crippen LogP contribution in [0.4, 0.5) is 0 Å². The number of benzene rings is 1. The molecule has 2 aromatic rings. The van der Waals surface area contributed by atoms with Gasteiger partial charge in [-0.05, 0) is 49.4 Å². The van der Waals surface area contributed by atoms with Gasteiger partial charge in [0.2, 0.25) is 5.91 Å². The number of hydrogen-bond acceptors (Lipinski definition) is 4. The number of carbonyl (C=O) groups excluding carboxylic acids is 2. The average molecular weight is 354 g/mol. The molecule has 2 heterocycles. The van der Waals surface area contributed by atoms with Gasteiger partial charge in [-0.15, -0.1) is 0 Å². The summed E-state index contributed by atoms with van der Waals surface area (Å²) in [6, 6.07) is 10.7. The van der Waals surface area contributed by atoms with Gasteiger partial charge in [-0.1, -0.05) is 0 Å². The fourth-order valence-electron chi connectivity index (χ4n) is 2.85. The number of carbonyl (C=O) groups is 2. The van der Waals surface area contributed by atoms with Crippen LogP contribution in [0.5, 0.6) is 5.75 Å². The summed E-state index contributed by atoms with van der Waals surface area (Å²) < 4.78 is 10.5. The molecule has 0 N–H and O–H groups in total. The summed E-state index contributed by atoms with van der Waals surface area (Å²) in [5.41, 5.74) is 0.624. The minimum Gasteiger partial charge on any atom is -0.497 e. The predicted octanol–water partition coefficient (Wildman–Crippen LogP) is 2.59. The molecule has 136 valence electrons. The van der Waals surface area contributed by atoms with E-state index in [0.29, 0.717) is 37.5 Å². The third-order valence-electron chi connectivity index (χ3n) is 4.37. The van der Waals surface area contributed by atoms with Crippen LogP contribution in [-0.2, 0) is 4.79 Å². The first-order valence-electron chi connectivity index (χ1n) is 8.53. The number of ether oxygens (including phenoxy) is 1. The van der Waals surface area contributed by atoms with Gasteiger partial charge >= 0.3 is 0 Å². The Bertz CT molecular complexity index is 799. The van der Waals surface area contributed by atoms with Crippen molar-refractivity contribution in [3.8, 4) is 5.75 Å². The third-order valence-corrected chi connectivity index (χ3v) is 4.37. The highest BCUT2D eigenvalue weighted by atomic mass is 16.5. The molecule has 1 aromatic heterocycles. The van der Waals surface area contributed by atoms with Crippen molar-refractivity contribution in [2.75, 3.05) is 33.3 Å². The summed E-state index contributed by atoms with van der Waals surface area (Å²) in [4.78, 5) is 28.3. The quantitative estimate of drug-likeness (QED) is 0.792. The molecule has 26 heavy (non-hydrogen) atoms. The van der Waals surface area contributed by atoms with Crippen LogP contribution in [0.25, 0.3) is 6.08 Å². The minimum atomic E-state index is -0.0735. The lowest BCUT2D eigenvalue weighted by atomic mass is 10.1. The van der Waals surface area contributed by atoms with Gasteiger partial charge in [0.15, 0.2) is 0 Å². The Morgan fingerprint density at radius 2 is 1.65 bits per heavy atom. The third kappa shape index (κ3) is 4.14. The van der Waals surface area contributed by atoms with Crippen LogP contribution in [0.15, 0.2) is 46.9 Å². The van der Waals surface area contributed by atoms with E-state index >= 15 is 0 Å². The molecule has 0 unspecified atom stereocenters. The first-order valence-corrected chi connectivity index (χ1v) is 8.53. The van der Waals surface area contributed by atoms with Crippen LogP contribution in [0.3, 0.4) is 0 Å². The van der Waals surface area contributed by atoms with E-state index in [0.717, 1.165) is 11.5 Å². The molecule has 0 saturated carbocycles. The standard InChI is InChI=1S/C20H22N2O4/c1-15-3-6-18(26-15)9-10-19(23)21-11-13-22(14-12-21)20(24)16-4-7-17(25-2)8-5-16/h3-10H,11-14H2,1-2H3/b10-9+. The van der Waals surface area contributed by atoms with E-state index in [1.165, 1.54) is 6.08 Å². The summed E-state index contributed by atoms with van der Waals surface area (Å²) in [6.45, 7) is 3.93. The Hall–Kier alpha value is -3.02. The van der Waals surface area contributed by atoms with E-state index in [2.05, 4.69) is 0 Å². The molecule has 6 heteroatoms. The van der Waals surface area contributed by atoms with Gasteiger partial charge in [0.05, 0.1) is 7.11 Å². The van der Waals surface area contributed by atoms with E-state index in [9.17, 15) is 9.59 Å². The Morgan fingerprint density at radius 1 is 1.00 bits per heavy atom. The summed E-state index contributed by atoms with van der Waals surface area (Å²) in [5.74, 6) is 2.08. The van der Waals surface area contributed by atoms with E-state index in [-0.39, 0.29) is 11.8 Å². The van der Waals surface area contributed by atoms with Crippen molar-refractivity contribution in [3.05, 3.63) is 59.6 Å². The normalized spacial score (nSPS) is 14.7. The minimum absolute atomic E-state index is 0.0265. The van der Waals surface area contributed by atoms with Crippen molar-refractivity contribution in [3.63, 3.8) is 0 Å². The van der Waals surface area contributed by atoms with E-state index in [1.54, 1.807) is 47.3 Å². The second kappa shape index (κ2) is 7.91. The highest BCUT2D eigenvalue weighted by molar-refractivity contribution is 5.95. The highest BCUT2D eigenvalue weighted by Gasteiger charge is 2.23. The Morgan fingerprint density at radius 3 is 2.23 bits per heavy atom. The van der Waals surface area contributed by atoms with Crippen LogP contribution >= 0.6 is 0 Å². The lowest BCUT2D eigenvalue weighted by Crippen LogP contribution is -2.50. The smallest absolute Gasteiger partial charge is 0.253 e. The fraction of sp³-hybridized carbons (Fsp3) is 0.300. The number of nitrogens with zero attached hydrogens (tertiary/aromatic N) is 2. The van der Waals surface area contributed by atoms with Gasteiger partial charge in [0, 0.05) is 37.8 Å². The number of methoxy groups -OCH3 is 1. The van der Waals surface area contributed by atoms with Crippen molar-refractivity contribution in [2.24, 2.45) is 0 Å². The number of aryl methyl sites for hydroxylation is 1. The molecule has 0 radical (unpaired) electrons. The average Bonchev–Trinajstić information content (AvgIpc) is 3.11. The van der Waals surface area contributed by atoms with Crippen LogP contribution < -0.4 is 4.74 Å². The van der Waals surface area contributed by atoms with Crippen LogP contribution in [-0.4, -0.2) is 54.9 Å². The van der Waals surface area contributed by atoms with Crippen molar-refractivity contribution in [1.82, 2.24) is 9.80 Å². The number of piperazine rings is 1. The van der Waals surface area contributed by atoms with Gasteiger partial charge in [-0.2, -0.15) is 0 Å². The van der Waals surface area contributed by atoms with Gasteiger partial charge in [0.1, 0.15) is 17.3 Å². The van der Waals surface area contributed by atoms with E-state index < -0.39 is 0 Å². The maximum Gasteiger partial charge on any atom is 0.253 e. The molecule has 0 spiro atoms. The molecular weight excluding hydrogens is 332 g/mol. The van der Waals surface area contributed by atoms with E-state index in [4.69, 9.17) is 9.15 Å². The Balaban J connectivity index is 1.53. The van der Waals surface area contributed by atoms with E-state index in [1.807, 2.05) is 19.1 Å². The van der Waals surface area contributed by atoms with Crippen molar-refractivity contribution < 1.29 is 18.7 Å². The fourth-order valence-corrected chi connectivity index (χ4v) is 2.85. The van der Waals surface area contributed by atoms with Gasteiger partial charge in [-0.25, -0.2) is 0 Å². The first-order chi connectivity index (χ1) is 12.6. The highest BCUT2D eigenvalue weighted by Crippen LogP contribution is 2.15. The zero-order chi connectivity index (χ0) is 18.5.